The summed E-state index contributed by atoms with van der Waals surface area (Å²) in [5.41, 5.74) is 0.879. The lowest BCUT2D eigenvalue weighted by Crippen LogP contribution is -2.33. The van der Waals surface area contributed by atoms with Crippen molar-refractivity contribution in [3.8, 4) is 0 Å². The van der Waals surface area contributed by atoms with Gasteiger partial charge in [0, 0.05) is 0 Å². The van der Waals surface area contributed by atoms with Gasteiger partial charge in [-0.1, -0.05) is 12.1 Å². The fraction of sp³-hybridized carbons (Fsp3) is 0.714. The lowest BCUT2D eigenvalue weighted by atomic mass is 10.1. The number of hydrogen-bond donors (Lipinski definition) is 0. The van der Waals surface area contributed by atoms with Gasteiger partial charge in [0.15, 0.2) is 0 Å². The predicted molar refractivity (Wildman–Crippen MR) is 145 cm³/mol. The molecule has 2 amide bonds. The van der Waals surface area contributed by atoms with Crippen LogP contribution in [0.3, 0.4) is 0 Å². The lowest BCUT2D eigenvalue weighted by molar-refractivity contribution is -0.0253. The van der Waals surface area contributed by atoms with Gasteiger partial charge in [0.25, 0.3) is 11.8 Å². The number of hydrogen-bond acceptors (Lipinski definition) is 11. The lowest BCUT2D eigenvalue weighted by Gasteiger charge is -2.13. The highest BCUT2D eigenvalue weighted by Crippen LogP contribution is 2.21. The zero-order valence-electron chi connectivity index (χ0n) is 23.8. The molecule has 1 aromatic rings. The van der Waals surface area contributed by atoms with Crippen LogP contribution in [0.5, 0.6) is 0 Å². The molecule has 41 heavy (non-hydrogen) atoms. The van der Waals surface area contributed by atoms with Crippen molar-refractivity contribution in [2.75, 3.05) is 132 Å². The molecule has 1 heterocycles. The molecule has 0 N–H and O–H groups in total. The van der Waals surface area contributed by atoms with Gasteiger partial charge >= 0.3 is 0 Å². The summed E-state index contributed by atoms with van der Waals surface area (Å²) >= 11 is 0. The van der Waals surface area contributed by atoms with Crippen LogP contribution in [0.25, 0.3) is 0 Å². The number of benzene rings is 1. The molecule has 234 valence electrons. The first-order valence-corrected chi connectivity index (χ1v) is 14.0. The van der Waals surface area contributed by atoms with Crippen LogP contribution in [-0.2, 0) is 42.6 Å². The van der Waals surface area contributed by atoms with Gasteiger partial charge in [-0.3, -0.25) is 14.5 Å². The number of ether oxygens (including phenoxy) is 9. The molecule has 0 bridgehead atoms. The van der Waals surface area contributed by atoms with Gasteiger partial charge in [-0.25, -0.2) is 4.39 Å². The molecule has 0 aliphatic carbocycles. The van der Waals surface area contributed by atoms with E-state index in [0.717, 1.165) is 0 Å². The first kappa shape index (κ1) is 35.1. The maximum Gasteiger partial charge on any atom is 0.261 e. The van der Waals surface area contributed by atoms with E-state index in [0.29, 0.717) is 117 Å². The summed E-state index contributed by atoms with van der Waals surface area (Å²) < 4.78 is 60.0. The third-order valence-electron chi connectivity index (χ3n) is 5.53. The fourth-order valence-corrected chi connectivity index (χ4v) is 3.51. The van der Waals surface area contributed by atoms with Gasteiger partial charge in [0.05, 0.1) is 137 Å². The first-order valence-electron chi connectivity index (χ1n) is 14.0. The molecular formula is C28H44FNO11. The fourth-order valence-electron chi connectivity index (χ4n) is 3.51. The topological polar surface area (TPSA) is 120 Å². The van der Waals surface area contributed by atoms with Crippen molar-refractivity contribution in [2.45, 2.75) is 0 Å². The Hall–Kier alpha value is -2.07. The Bertz CT molecular complexity index is 782. The van der Waals surface area contributed by atoms with Crippen molar-refractivity contribution >= 4 is 11.8 Å². The number of carbonyl (C=O) groups excluding carboxylic acids is 2. The zero-order valence-corrected chi connectivity index (χ0v) is 23.8. The van der Waals surface area contributed by atoms with E-state index in [9.17, 15) is 14.0 Å². The van der Waals surface area contributed by atoms with E-state index in [1.54, 1.807) is 24.3 Å². The standard InChI is InChI=1S/C28H44FNO11/c29-5-7-33-9-11-35-13-15-37-17-19-39-21-23-41-24-22-40-20-18-38-16-14-36-12-10-34-8-6-30-27(31)25-3-1-2-4-26(25)28(30)32/h1-4H,5-24H2. The number of carbonyl (C=O) groups is 2. The predicted octanol–water partition coefficient (Wildman–Crippen LogP) is 1.40. The molecule has 0 saturated heterocycles. The summed E-state index contributed by atoms with van der Waals surface area (Å²) in [6, 6.07) is 6.80. The second-order valence-corrected chi connectivity index (χ2v) is 8.51. The highest BCUT2D eigenvalue weighted by Gasteiger charge is 2.34. The van der Waals surface area contributed by atoms with E-state index in [1.807, 2.05) is 0 Å². The molecule has 0 saturated carbocycles. The number of nitrogens with zero attached hydrogens (tertiary/aromatic N) is 1. The summed E-state index contributed by atoms with van der Waals surface area (Å²) in [4.78, 5) is 25.7. The molecule has 0 aromatic heterocycles. The minimum absolute atomic E-state index is 0.106. The van der Waals surface area contributed by atoms with Crippen molar-refractivity contribution in [1.29, 1.82) is 0 Å². The second-order valence-electron chi connectivity index (χ2n) is 8.51. The molecule has 13 heteroatoms. The Morgan fingerprint density at radius 3 is 1.00 bits per heavy atom. The molecule has 2 rings (SSSR count). The van der Waals surface area contributed by atoms with E-state index in [4.69, 9.17) is 42.6 Å². The second kappa shape index (κ2) is 24.5. The van der Waals surface area contributed by atoms with E-state index >= 15 is 0 Å². The molecule has 0 unspecified atom stereocenters. The number of imide groups is 1. The molecule has 12 nitrogen and oxygen atoms in total. The molecule has 0 atom stereocenters. The van der Waals surface area contributed by atoms with Crippen molar-refractivity contribution in [3.05, 3.63) is 35.4 Å². The number of amides is 2. The number of halogens is 1. The van der Waals surface area contributed by atoms with Crippen LogP contribution < -0.4 is 0 Å². The SMILES string of the molecule is O=C1c2ccccc2C(=O)N1CCOCCOCCOCCOCCOCCOCCOCCOCCOCCF. The third-order valence-corrected chi connectivity index (χ3v) is 5.53. The van der Waals surface area contributed by atoms with Crippen LogP contribution >= 0.6 is 0 Å². The van der Waals surface area contributed by atoms with Crippen LogP contribution in [-0.4, -0.2) is 149 Å². The number of alkyl halides is 1. The summed E-state index contributed by atoms with van der Waals surface area (Å²) in [5, 5.41) is 0. The van der Waals surface area contributed by atoms with E-state index in [2.05, 4.69) is 0 Å². The molecule has 1 aliphatic rings. The smallest absolute Gasteiger partial charge is 0.261 e. The molecule has 1 aromatic carbocycles. The van der Waals surface area contributed by atoms with Crippen LogP contribution in [0.4, 0.5) is 4.39 Å². The Morgan fingerprint density at radius 2 is 0.707 bits per heavy atom. The van der Waals surface area contributed by atoms with E-state index in [1.165, 1.54) is 4.90 Å². The summed E-state index contributed by atoms with van der Waals surface area (Å²) in [6.45, 7) is 7.25. The third kappa shape index (κ3) is 16.2. The highest BCUT2D eigenvalue weighted by atomic mass is 19.1. The van der Waals surface area contributed by atoms with Crippen molar-refractivity contribution in [2.24, 2.45) is 0 Å². The quantitative estimate of drug-likeness (QED) is 0.0996. The van der Waals surface area contributed by atoms with Crippen LogP contribution in [0, 0.1) is 0 Å². The molecular weight excluding hydrogens is 545 g/mol. The monoisotopic (exact) mass is 589 g/mol. The van der Waals surface area contributed by atoms with Gasteiger partial charge in [-0.15, -0.1) is 0 Å². The zero-order chi connectivity index (χ0) is 29.2. The van der Waals surface area contributed by atoms with Crippen molar-refractivity contribution in [1.82, 2.24) is 4.90 Å². The summed E-state index contributed by atoms with van der Waals surface area (Å²) in [6.07, 6.45) is 0. The van der Waals surface area contributed by atoms with Gasteiger partial charge in [-0.2, -0.15) is 0 Å². The van der Waals surface area contributed by atoms with E-state index < -0.39 is 6.67 Å². The van der Waals surface area contributed by atoms with E-state index in [-0.39, 0.29) is 31.6 Å². The largest absolute Gasteiger partial charge is 0.377 e. The maximum absolute atomic E-state index is 12.3. The summed E-state index contributed by atoms with van der Waals surface area (Å²) in [5.74, 6) is -0.560. The van der Waals surface area contributed by atoms with Gasteiger partial charge in [-0.05, 0) is 12.1 Å². The van der Waals surface area contributed by atoms with Gasteiger partial charge in [0.1, 0.15) is 6.67 Å². The Kier molecular flexibility index (Phi) is 21.0. The minimum Gasteiger partial charge on any atom is -0.377 e. The molecule has 0 radical (unpaired) electrons. The van der Waals surface area contributed by atoms with Gasteiger partial charge < -0.3 is 42.6 Å². The van der Waals surface area contributed by atoms with Gasteiger partial charge in [0.2, 0.25) is 0 Å². The summed E-state index contributed by atoms with van der Waals surface area (Å²) in [7, 11) is 0. The molecule has 0 fully saturated rings. The minimum atomic E-state index is -0.481. The van der Waals surface area contributed by atoms with Crippen molar-refractivity contribution in [3.63, 3.8) is 0 Å². The Labute approximate surface area is 241 Å². The van der Waals surface area contributed by atoms with Crippen LogP contribution in [0.15, 0.2) is 24.3 Å². The molecule has 0 spiro atoms. The molecule has 1 aliphatic heterocycles. The number of fused-ring (bicyclic) bond motifs is 1. The Balaban J connectivity index is 1.21. The number of rotatable bonds is 29. The van der Waals surface area contributed by atoms with Crippen LogP contribution in [0.1, 0.15) is 20.7 Å². The highest BCUT2D eigenvalue weighted by molar-refractivity contribution is 6.21. The maximum atomic E-state index is 12.3. The normalized spacial score (nSPS) is 13.0. The van der Waals surface area contributed by atoms with Crippen molar-refractivity contribution < 1.29 is 56.6 Å². The average molecular weight is 590 g/mol. The Morgan fingerprint density at radius 1 is 0.439 bits per heavy atom. The van der Waals surface area contributed by atoms with Crippen LogP contribution in [0.2, 0.25) is 0 Å². The average Bonchev–Trinajstić information content (AvgIpc) is 3.23. The first-order chi connectivity index (χ1) is 20.3.